The van der Waals surface area contributed by atoms with E-state index in [-0.39, 0.29) is 11.9 Å². The van der Waals surface area contributed by atoms with Gasteiger partial charge in [0.25, 0.3) is 0 Å². The standard InChI is InChI=1S/C14H21BrFNO/c1-3-9-17-13(8-5-10-18-2)14-11(15)6-4-7-12(14)16/h4,6-7,13,17H,3,5,8-10H2,1-2H3. The fourth-order valence-electron chi connectivity index (χ4n) is 1.94. The average Bonchev–Trinajstić information content (AvgIpc) is 2.35. The van der Waals surface area contributed by atoms with Gasteiger partial charge in [0.2, 0.25) is 0 Å². The largest absolute Gasteiger partial charge is 0.385 e. The summed E-state index contributed by atoms with van der Waals surface area (Å²) in [5, 5.41) is 3.40. The van der Waals surface area contributed by atoms with Gasteiger partial charge < -0.3 is 10.1 Å². The Bertz CT molecular complexity index is 339. The molecule has 0 spiro atoms. The Balaban J connectivity index is 2.79. The Morgan fingerprint density at radius 2 is 2.22 bits per heavy atom. The molecular weight excluding hydrogens is 297 g/mol. The van der Waals surface area contributed by atoms with Crippen LogP contribution in [0.4, 0.5) is 4.39 Å². The summed E-state index contributed by atoms with van der Waals surface area (Å²) >= 11 is 3.44. The van der Waals surface area contributed by atoms with Crippen molar-refractivity contribution in [3.05, 3.63) is 34.1 Å². The van der Waals surface area contributed by atoms with Crippen molar-refractivity contribution in [1.29, 1.82) is 0 Å². The number of rotatable bonds is 8. The Morgan fingerprint density at radius 3 is 2.83 bits per heavy atom. The number of methoxy groups -OCH3 is 1. The van der Waals surface area contributed by atoms with Crippen LogP contribution in [0, 0.1) is 5.82 Å². The smallest absolute Gasteiger partial charge is 0.129 e. The molecule has 102 valence electrons. The highest BCUT2D eigenvalue weighted by atomic mass is 79.9. The zero-order valence-corrected chi connectivity index (χ0v) is 12.6. The second-order valence-electron chi connectivity index (χ2n) is 4.28. The first-order valence-electron chi connectivity index (χ1n) is 6.37. The normalized spacial score (nSPS) is 12.7. The lowest BCUT2D eigenvalue weighted by molar-refractivity contribution is 0.188. The second kappa shape index (κ2) is 8.62. The van der Waals surface area contributed by atoms with Crippen molar-refractivity contribution in [2.24, 2.45) is 0 Å². The van der Waals surface area contributed by atoms with Gasteiger partial charge in [-0.2, -0.15) is 0 Å². The van der Waals surface area contributed by atoms with Crippen LogP contribution in [0.2, 0.25) is 0 Å². The maximum absolute atomic E-state index is 13.9. The lowest BCUT2D eigenvalue weighted by atomic mass is 10.0. The van der Waals surface area contributed by atoms with Crippen LogP contribution >= 0.6 is 15.9 Å². The number of nitrogens with one attached hydrogen (secondary N) is 1. The third-order valence-electron chi connectivity index (χ3n) is 2.83. The molecule has 0 aromatic heterocycles. The molecule has 1 unspecified atom stereocenters. The Labute approximate surface area is 117 Å². The van der Waals surface area contributed by atoms with Crippen LogP contribution in [-0.4, -0.2) is 20.3 Å². The van der Waals surface area contributed by atoms with E-state index in [1.54, 1.807) is 13.2 Å². The zero-order chi connectivity index (χ0) is 13.4. The van der Waals surface area contributed by atoms with Crippen LogP contribution in [0.5, 0.6) is 0 Å². The zero-order valence-electron chi connectivity index (χ0n) is 11.0. The summed E-state index contributed by atoms with van der Waals surface area (Å²) in [6, 6.07) is 5.15. The van der Waals surface area contributed by atoms with E-state index in [2.05, 4.69) is 28.2 Å². The SMILES string of the molecule is CCCNC(CCCOC)c1c(F)cccc1Br. The summed E-state index contributed by atoms with van der Waals surface area (Å²) < 4.78 is 19.8. The predicted octanol–water partition coefficient (Wildman–Crippen LogP) is 4.06. The molecule has 1 aromatic rings. The number of benzene rings is 1. The van der Waals surface area contributed by atoms with Crippen molar-refractivity contribution in [2.75, 3.05) is 20.3 Å². The van der Waals surface area contributed by atoms with E-state index in [1.165, 1.54) is 6.07 Å². The highest BCUT2D eigenvalue weighted by Gasteiger charge is 2.17. The fourth-order valence-corrected chi connectivity index (χ4v) is 2.56. The molecular formula is C14H21BrFNO. The first-order valence-corrected chi connectivity index (χ1v) is 7.16. The molecule has 0 saturated heterocycles. The van der Waals surface area contributed by atoms with Crippen LogP contribution in [-0.2, 0) is 4.74 Å². The van der Waals surface area contributed by atoms with Gasteiger partial charge in [0, 0.05) is 29.8 Å². The summed E-state index contributed by atoms with van der Waals surface area (Å²) in [5.41, 5.74) is 0.724. The first-order chi connectivity index (χ1) is 8.70. The molecule has 0 radical (unpaired) electrons. The minimum atomic E-state index is -0.157. The van der Waals surface area contributed by atoms with Crippen molar-refractivity contribution in [1.82, 2.24) is 5.32 Å². The number of ether oxygens (including phenoxy) is 1. The first kappa shape index (κ1) is 15.6. The predicted molar refractivity (Wildman–Crippen MR) is 76.2 cm³/mol. The van der Waals surface area contributed by atoms with Gasteiger partial charge in [0.1, 0.15) is 5.82 Å². The molecule has 0 bridgehead atoms. The monoisotopic (exact) mass is 317 g/mol. The molecule has 1 N–H and O–H groups in total. The summed E-state index contributed by atoms with van der Waals surface area (Å²) in [6.07, 6.45) is 2.82. The van der Waals surface area contributed by atoms with Gasteiger partial charge in [-0.15, -0.1) is 0 Å². The summed E-state index contributed by atoms with van der Waals surface area (Å²) in [5.74, 6) is -0.157. The van der Waals surface area contributed by atoms with Crippen LogP contribution in [0.15, 0.2) is 22.7 Å². The third-order valence-corrected chi connectivity index (χ3v) is 3.52. The Hall–Kier alpha value is -0.450. The van der Waals surface area contributed by atoms with Gasteiger partial charge in [-0.05, 0) is 37.9 Å². The second-order valence-corrected chi connectivity index (χ2v) is 5.13. The van der Waals surface area contributed by atoms with Gasteiger partial charge in [0.15, 0.2) is 0 Å². The van der Waals surface area contributed by atoms with Crippen LogP contribution < -0.4 is 5.32 Å². The molecule has 2 nitrogen and oxygen atoms in total. The van der Waals surface area contributed by atoms with Crippen molar-refractivity contribution < 1.29 is 9.13 Å². The van der Waals surface area contributed by atoms with Crippen molar-refractivity contribution >= 4 is 15.9 Å². The number of hydrogen-bond donors (Lipinski definition) is 1. The van der Waals surface area contributed by atoms with Gasteiger partial charge >= 0.3 is 0 Å². The molecule has 1 rings (SSSR count). The summed E-state index contributed by atoms with van der Waals surface area (Å²) in [7, 11) is 1.69. The van der Waals surface area contributed by atoms with Crippen molar-refractivity contribution in [3.63, 3.8) is 0 Å². The third kappa shape index (κ3) is 4.67. The molecule has 1 atom stereocenters. The molecule has 1 aromatic carbocycles. The van der Waals surface area contributed by atoms with E-state index in [4.69, 9.17) is 4.74 Å². The molecule has 4 heteroatoms. The molecule has 0 aliphatic heterocycles. The molecule has 0 saturated carbocycles. The highest BCUT2D eigenvalue weighted by molar-refractivity contribution is 9.10. The van der Waals surface area contributed by atoms with E-state index in [1.807, 2.05) is 6.07 Å². The average molecular weight is 318 g/mol. The minimum absolute atomic E-state index is 0.0377. The minimum Gasteiger partial charge on any atom is -0.385 e. The number of hydrogen-bond acceptors (Lipinski definition) is 2. The van der Waals surface area contributed by atoms with Gasteiger partial charge in [0.05, 0.1) is 0 Å². The summed E-state index contributed by atoms with van der Waals surface area (Å²) in [6.45, 7) is 3.70. The van der Waals surface area contributed by atoms with E-state index in [0.29, 0.717) is 6.61 Å². The fraction of sp³-hybridized carbons (Fsp3) is 0.571. The van der Waals surface area contributed by atoms with E-state index in [9.17, 15) is 4.39 Å². The maximum Gasteiger partial charge on any atom is 0.129 e. The molecule has 0 heterocycles. The maximum atomic E-state index is 13.9. The van der Waals surface area contributed by atoms with Crippen molar-refractivity contribution in [3.8, 4) is 0 Å². The lowest BCUT2D eigenvalue weighted by Crippen LogP contribution is -2.24. The van der Waals surface area contributed by atoms with Crippen molar-refractivity contribution in [2.45, 2.75) is 32.2 Å². The Kier molecular flexibility index (Phi) is 7.47. The van der Waals surface area contributed by atoms with E-state index in [0.717, 1.165) is 35.8 Å². The lowest BCUT2D eigenvalue weighted by Gasteiger charge is -2.20. The highest BCUT2D eigenvalue weighted by Crippen LogP contribution is 2.29. The molecule has 0 aliphatic carbocycles. The van der Waals surface area contributed by atoms with Crippen LogP contribution in [0.3, 0.4) is 0 Å². The van der Waals surface area contributed by atoms with Gasteiger partial charge in [-0.25, -0.2) is 4.39 Å². The molecule has 0 aliphatic rings. The molecule has 18 heavy (non-hydrogen) atoms. The van der Waals surface area contributed by atoms with Gasteiger partial charge in [-0.1, -0.05) is 28.9 Å². The van der Waals surface area contributed by atoms with E-state index < -0.39 is 0 Å². The summed E-state index contributed by atoms with van der Waals surface area (Å²) in [4.78, 5) is 0. The molecule has 0 fully saturated rings. The van der Waals surface area contributed by atoms with E-state index >= 15 is 0 Å². The van der Waals surface area contributed by atoms with Gasteiger partial charge in [-0.3, -0.25) is 0 Å². The molecule has 0 amide bonds. The topological polar surface area (TPSA) is 21.3 Å². The number of halogens is 2. The quantitative estimate of drug-likeness (QED) is 0.730. The van der Waals surface area contributed by atoms with Crippen LogP contribution in [0.25, 0.3) is 0 Å². The Morgan fingerprint density at radius 1 is 1.44 bits per heavy atom. The van der Waals surface area contributed by atoms with Crippen LogP contribution in [0.1, 0.15) is 37.8 Å².